The zero-order valence-corrected chi connectivity index (χ0v) is 46.7. The molecule has 6 heteroatoms. The van der Waals surface area contributed by atoms with Crippen LogP contribution in [0.5, 0.6) is 0 Å². The SMILES string of the molecule is CC/C=C\C/C=C\C/C=C\C/C=C\CCCCCCCCCCC(=O)OC(COC(=O)CCCCCCC)COC(=O)CCCCCCCCCCCCCC/C=C\C/C=C\C/C=C\CCCCCCC. The molecule has 0 fully saturated rings. The molecule has 0 aromatic carbocycles. The number of esters is 3. The highest BCUT2D eigenvalue weighted by molar-refractivity contribution is 5.71. The summed E-state index contributed by atoms with van der Waals surface area (Å²) >= 11 is 0. The molecule has 71 heavy (non-hydrogen) atoms. The van der Waals surface area contributed by atoms with Gasteiger partial charge < -0.3 is 14.2 Å². The van der Waals surface area contributed by atoms with E-state index in [0.29, 0.717) is 19.3 Å². The number of unbranched alkanes of at least 4 members (excludes halogenated alkanes) is 29. The molecule has 0 N–H and O–H groups in total. The highest BCUT2D eigenvalue weighted by Gasteiger charge is 2.19. The van der Waals surface area contributed by atoms with Crippen LogP contribution < -0.4 is 0 Å². The summed E-state index contributed by atoms with van der Waals surface area (Å²) in [5.74, 6) is -0.898. The molecule has 0 aromatic rings. The van der Waals surface area contributed by atoms with Crippen LogP contribution in [0.4, 0.5) is 0 Å². The predicted octanol–water partition coefficient (Wildman–Crippen LogP) is 20.3. The lowest BCUT2D eigenvalue weighted by Crippen LogP contribution is -2.30. The van der Waals surface area contributed by atoms with Crippen molar-refractivity contribution in [3.8, 4) is 0 Å². The normalized spacial score (nSPS) is 12.7. The van der Waals surface area contributed by atoms with Gasteiger partial charge in [-0.25, -0.2) is 0 Å². The maximum Gasteiger partial charge on any atom is 0.306 e. The van der Waals surface area contributed by atoms with E-state index in [9.17, 15) is 14.4 Å². The van der Waals surface area contributed by atoms with E-state index in [1.807, 2.05) is 0 Å². The van der Waals surface area contributed by atoms with Crippen molar-refractivity contribution in [2.75, 3.05) is 13.2 Å². The van der Waals surface area contributed by atoms with Crippen molar-refractivity contribution < 1.29 is 28.6 Å². The number of allylic oxidation sites excluding steroid dienone is 14. The van der Waals surface area contributed by atoms with Crippen molar-refractivity contribution in [2.24, 2.45) is 0 Å². The van der Waals surface area contributed by atoms with Gasteiger partial charge in [0.25, 0.3) is 0 Å². The predicted molar refractivity (Wildman–Crippen MR) is 307 cm³/mol. The molecule has 0 aliphatic rings. The van der Waals surface area contributed by atoms with Crippen LogP contribution in [0.2, 0.25) is 0 Å². The van der Waals surface area contributed by atoms with E-state index in [1.54, 1.807) is 0 Å². The summed E-state index contributed by atoms with van der Waals surface area (Å²) in [7, 11) is 0. The molecule has 408 valence electrons. The van der Waals surface area contributed by atoms with Crippen LogP contribution in [0.15, 0.2) is 85.1 Å². The summed E-state index contributed by atoms with van der Waals surface area (Å²) in [6.45, 7) is 6.44. The molecule has 6 nitrogen and oxygen atoms in total. The minimum absolute atomic E-state index is 0.0800. The molecule has 0 bridgehead atoms. The second-order valence-electron chi connectivity index (χ2n) is 19.9. The number of hydrogen-bond donors (Lipinski definition) is 0. The zero-order chi connectivity index (χ0) is 51.4. The fourth-order valence-electron chi connectivity index (χ4n) is 8.38. The van der Waals surface area contributed by atoms with Gasteiger partial charge in [0.15, 0.2) is 6.10 Å². The van der Waals surface area contributed by atoms with E-state index in [2.05, 4.69) is 106 Å². The largest absolute Gasteiger partial charge is 0.462 e. The number of rotatable bonds is 54. The molecule has 0 radical (unpaired) electrons. The van der Waals surface area contributed by atoms with Crippen LogP contribution in [0.25, 0.3) is 0 Å². The van der Waals surface area contributed by atoms with Gasteiger partial charge in [-0.1, -0.05) is 260 Å². The Morgan fingerprint density at radius 2 is 0.549 bits per heavy atom. The smallest absolute Gasteiger partial charge is 0.306 e. The van der Waals surface area contributed by atoms with Gasteiger partial charge in [0.05, 0.1) is 0 Å². The Kier molecular flexibility index (Phi) is 56.3. The minimum Gasteiger partial charge on any atom is -0.462 e. The summed E-state index contributed by atoms with van der Waals surface area (Å²) < 4.78 is 16.7. The third kappa shape index (κ3) is 57.4. The first-order valence-electron chi connectivity index (χ1n) is 30.1. The number of hydrogen-bond acceptors (Lipinski definition) is 6. The Morgan fingerprint density at radius 3 is 0.859 bits per heavy atom. The van der Waals surface area contributed by atoms with Gasteiger partial charge in [-0.2, -0.15) is 0 Å². The first kappa shape index (κ1) is 67.6. The fraction of sp³-hybridized carbons (Fsp3) is 0.738. The van der Waals surface area contributed by atoms with Crippen molar-refractivity contribution in [1.29, 1.82) is 0 Å². The van der Waals surface area contributed by atoms with Crippen LogP contribution in [0.1, 0.15) is 290 Å². The average Bonchev–Trinajstić information content (AvgIpc) is 3.37. The van der Waals surface area contributed by atoms with Gasteiger partial charge in [0, 0.05) is 19.3 Å². The van der Waals surface area contributed by atoms with Crippen molar-refractivity contribution in [2.45, 2.75) is 297 Å². The van der Waals surface area contributed by atoms with E-state index in [-0.39, 0.29) is 31.1 Å². The van der Waals surface area contributed by atoms with Gasteiger partial charge in [0.2, 0.25) is 0 Å². The Labute approximate surface area is 439 Å². The van der Waals surface area contributed by atoms with Crippen molar-refractivity contribution >= 4 is 17.9 Å². The van der Waals surface area contributed by atoms with Gasteiger partial charge in [-0.05, 0) is 96.3 Å². The van der Waals surface area contributed by atoms with Crippen LogP contribution in [0, 0.1) is 0 Å². The highest BCUT2D eigenvalue weighted by atomic mass is 16.6. The lowest BCUT2D eigenvalue weighted by atomic mass is 10.0. The highest BCUT2D eigenvalue weighted by Crippen LogP contribution is 2.16. The number of carbonyl (C=O) groups excluding carboxylic acids is 3. The third-order valence-electron chi connectivity index (χ3n) is 12.9. The van der Waals surface area contributed by atoms with Crippen molar-refractivity contribution in [1.82, 2.24) is 0 Å². The molecule has 1 unspecified atom stereocenters. The zero-order valence-electron chi connectivity index (χ0n) is 46.7. The lowest BCUT2D eigenvalue weighted by molar-refractivity contribution is -0.167. The Balaban J connectivity index is 4.07. The molecule has 0 amide bonds. The van der Waals surface area contributed by atoms with Crippen molar-refractivity contribution in [3.63, 3.8) is 0 Å². The molecule has 0 spiro atoms. The Morgan fingerprint density at radius 1 is 0.296 bits per heavy atom. The van der Waals surface area contributed by atoms with E-state index in [4.69, 9.17) is 14.2 Å². The van der Waals surface area contributed by atoms with E-state index in [0.717, 1.165) is 109 Å². The maximum absolute atomic E-state index is 12.8. The lowest BCUT2D eigenvalue weighted by Gasteiger charge is -2.18. The summed E-state index contributed by atoms with van der Waals surface area (Å²) in [5, 5.41) is 0. The molecule has 0 saturated heterocycles. The molecule has 0 aliphatic heterocycles. The average molecular weight is 990 g/mol. The second-order valence-corrected chi connectivity index (χ2v) is 19.9. The van der Waals surface area contributed by atoms with Gasteiger partial charge in [0.1, 0.15) is 13.2 Å². The molecule has 0 aliphatic carbocycles. The van der Waals surface area contributed by atoms with Gasteiger partial charge in [-0.3, -0.25) is 14.4 Å². The van der Waals surface area contributed by atoms with Crippen LogP contribution >= 0.6 is 0 Å². The Bertz CT molecular complexity index is 1370. The van der Waals surface area contributed by atoms with Gasteiger partial charge >= 0.3 is 17.9 Å². The van der Waals surface area contributed by atoms with E-state index in [1.165, 1.54) is 141 Å². The summed E-state index contributed by atoms with van der Waals surface area (Å²) in [6.07, 6.45) is 77.7. The van der Waals surface area contributed by atoms with Gasteiger partial charge in [-0.15, -0.1) is 0 Å². The van der Waals surface area contributed by atoms with E-state index >= 15 is 0 Å². The molecule has 0 saturated carbocycles. The van der Waals surface area contributed by atoms with Crippen LogP contribution in [-0.2, 0) is 28.6 Å². The first-order valence-corrected chi connectivity index (χ1v) is 30.1. The third-order valence-corrected chi connectivity index (χ3v) is 12.9. The number of carbonyl (C=O) groups is 3. The van der Waals surface area contributed by atoms with Crippen LogP contribution in [0.3, 0.4) is 0 Å². The molecule has 0 heterocycles. The monoisotopic (exact) mass is 989 g/mol. The summed E-state index contributed by atoms with van der Waals surface area (Å²) in [6, 6.07) is 0. The molecule has 0 rings (SSSR count). The Hall–Kier alpha value is -3.41. The standard InChI is InChI=1S/C65H112O6/c1-4-7-10-13-15-17-19-21-23-25-27-29-30-31-32-33-34-36-37-39-41-43-45-47-49-52-55-58-64(67)70-61-62(60-69-63(66)57-54-51-12-9-6-3)71-65(68)59-56-53-50-48-46-44-42-40-38-35-28-26-24-22-20-18-16-14-11-8-5-2/h8,11,16,18-19,21-22,24-25,27-28,30-31,35,62H,4-7,9-10,12-15,17,20,23,26,29,32-34,36-61H2,1-3H3/b11-8-,18-16-,21-19-,24-22-,27-25-,31-30-,35-28-. The number of ether oxygens (including phenoxy) is 3. The topological polar surface area (TPSA) is 78.9 Å². The second kappa shape index (κ2) is 59.2. The molecular weight excluding hydrogens is 877 g/mol. The maximum atomic E-state index is 12.8. The summed E-state index contributed by atoms with van der Waals surface area (Å²) in [5.41, 5.74) is 0. The molecule has 1 atom stereocenters. The first-order chi connectivity index (χ1) is 35.0. The molecule has 0 aromatic heterocycles. The molecular formula is C65H112O6. The van der Waals surface area contributed by atoms with Crippen LogP contribution in [-0.4, -0.2) is 37.2 Å². The summed E-state index contributed by atoms with van der Waals surface area (Å²) in [4.78, 5) is 37.9. The quantitative estimate of drug-likeness (QED) is 0.0261. The van der Waals surface area contributed by atoms with E-state index < -0.39 is 6.10 Å². The van der Waals surface area contributed by atoms with Crippen molar-refractivity contribution in [3.05, 3.63) is 85.1 Å². The minimum atomic E-state index is -0.778. The fourth-order valence-corrected chi connectivity index (χ4v) is 8.38.